The van der Waals surface area contributed by atoms with Gasteiger partial charge in [-0.25, -0.2) is 4.98 Å². The van der Waals surface area contributed by atoms with Gasteiger partial charge in [0, 0.05) is 19.5 Å². The van der Waals surface area contributed by atoms with Gasteiger partial charge in [-0.15, -0.1) is 0 Å². The molecule has 0 atom stereocenters. The smallest absolute Gasteiger partial charge is 0.222 e. The highest BCUT2D eigenvalue weighted by Gasteiger charge is 2.10. The van der Waals surface area contributed by atoms with Crippen LogP contribution < -0.4 is 5.32 Å². The highest BCUT2D eigenvalue weighted by atomic mass is 16.2. The number of aromatic amines is 1. The third-order valence-corrected chi connectivity index (χ3v) is 2.40. The average Bonchev–Trinajstić information content (AvgIpc) is 2.76. The number of aromatic nitrogens is 3. The highest BCUT2D eigenvalue weighted by Crippen LogP contribution is 1.99. The van der Waals surface area contributed by atoms with E-state index in [1.807, 2.05) is 0 Å². The van der Waals surface area contributed by atoms with Crippen molar-refractivity contribution in [2.45, 2.75) is 39.3 Å². The Bertz CT molecular complexity index is 323. The molecule has 0 unspecified atom stereocenters. The lowest BCUT2D eigenvalue weighted by Crippen LogP contribution is -2.29. The largest absolute Gasteiger partial charge is 0.338 e. The number of H-pyrrole nitrogens is 1. The van der Waals surface area contributed by atoms with E-state index in [2.05, 4.69) is 34.3 Å². The summed E-state index contributed by atoms with van der Waals surface area (Å²) in [5, 5.41) is 9.77. The molecule has 2 N–H and O–H groups in total. The number of amides is 1. The van der Waals surface area contributed by atoms with Gasteiger partial charge in [-0.3, -0.25) is 9.89 Å². The summed E-state index contributed by atoms with van der Waals surface area (Å²) < 4.78 is 0. The first kappa shape index (κ1) is 13.6. The van der Waals surface area contributed by atoms with Crippen molar-refractivity contribution in [3.8, 4) is 0 Å². The Kier molecular flexibility index (Phi) is 5.62. The lowest BCUT2D eigenvalue weighted by atomic mass is 10.2. The van der Waals surface area contributed by atoms with Crippen molar-refractivity contribution >= 4 is 5.91 Å². The SMILES string of the molecule is CC(C)NCCCC(=O)N(C)Cc1ncn[nH]1. The standard InChI is InChI=1S/C11H21N5O/c1-9(2)12-6-4-5-11(17)16(3)7-10-13-8-14-15-10/h8-9,12H,4-7H2,1-3H3,(H,13,14,15). The lowest BCUT2D eigenvalue weighted by molar-refractivity contribution is -0.130. The molecular weight excluding hydrogens is 218 g/mol. The second-order valence-corrected chi connectivity index (χ2v) is 4.39. The van der Waals surface area contributed by atoms with Crippen molar-refractivity contribution in [3.63, 3.8) is 0 Å². The van der Waals surface area contributed by atoms with Gasteiger partial charge in [0.25, 0.3) is 0 Å². The van der Waals surface area contributed by atoms with Crippen molar-refractivity contribution in [1.29, 1.82) is 0 Å². The van der Waals surface area contributed by atoms with Crippen molar-refractivity contribution in [3.05, 3.63) is 12.2 Å². The van der Waals surface area contributed by atoms with Gasteiger partial charge in [0.1, 0.15) is 12.2 Å². The summed E-state index contributed by atoms with van der Waals surface area (Å²) in [5.74, 6) is 0.841. The first-order valence-electron chi connectivity index (χ1n) is 5.91. The Hall–Kier alpha value is -1.43. The van der Waals surface area contributed by atoms with Crippen LogP contribution in [-0.4, -0.2) is 45.6 Å². The van der Waals surface area contributed by atoms with E-state index in [1.54, 1.807) is 11.9 Å². The van der Waals surface area contributed by atoms with Crippen LogP contribution in [0.5, 0.6) is 0 Å². The normalized spacial score (nSPS) is 10.8. The lowest BCUT2D eigenvalue weighted by Gasteiger charge is -2.15. The van der Waals surface area contributed by atoms with E-state index in [1.165, 1.54) is 6.33 Å². The van der Waals surface area contributed by atoms with Crippen LogP contribution in [0.1, 0.15) is 32.5 Å². The molecule has 6 heteroatoms. The zero-order valence-corrected chi connectivity index (χ0v) is 10.7. The van der Waals surface area contributed by atoms with Gasteiger partial charge >= 0.3 is 0 Å². The number of carbonyl (C=O) groups is 1. The van der Waals surface area contributed by atoms with Gasteiger partial charge in [-0.1, -0.05) is 13.8 Å². The quantitative estimate of drug-likeness (QED) is 0.681. The van der Waals surface area contributed by atoms with Gasteiger partial charge in [-0.05, 0) is 13.0 Å². The number of nitrogens with one attached hydrogen (secondary N) is 2. The maximum absolute atomic E-state index is 11.8. The third kappa shape index (κ3) is 5.44. The van der Waals surface area contributed by atoms with Crippen molar-refractivity contribution < 1.29 is 4.79 Å². The molecule has 0 saturated heterocycles. The van der Waals surface area contributed by atoms with E-state index in [4.69, 9.17) is 0 Å². The molecule has 1 aromatic rings. The summed E-state index contributed by atoms with van der Waals surface area (Å²) >= 11 is 0. The van der Waals surface area contributed by atoms with Crippen LogP contribution in [-0.2, 0) is 11.3 Å². The number of rotatable bonds is 7. The maximum atomic E-state index is 11.8. The van der Waals surface area contributed by atoms with Crippen molar-refractivity contribution in [2.75, 3.05) is 13.6 Å². The molecule has 0 aliphatic rings. The predicted molar refractivity (Wildman–Crippen MR) is 65.2 cm³/mol. The Morgan fingerprint density at radius 2 is 2.35 bits per heavy atom. The van der Waals surface area contributed by atoms with Crippen molar-refractivity contribution in [2.24, 2.45) is 0 Å². The Balaban J connectivity index is 2.18. The molecule has 0 saturated carbocycles. The Morgan fingerprint density at radius 1 is 1.59 bits per heavy atom. The van der Waals surface area contributed by atoms with E-state index in [-0.39, 0.29) is 5.91 Å². The minimum Gasteiger partial charge on any atom is -0.338 e. The summed E-state index contributed by atoms with van der Waals surface area (Å²) in [5.41, 5.74) is 0. The van der Waals surface area contributed by atoms with Crippen LogP contribution >= 0.6 is 0 Å². The molecule has 0 aliphatic heterocycles. The minimum absolute atomic E-state index is 0.131. The van der Waals surface area contributed by atoms with Crippen LogP contribution in [0.4, 0.5) is 0 Å². The molecule has 96 valence electrons. The first-order valence-corrected chi connectivity index (χ1v) is 5.91. The summed E-state index contributed by atoms with van der Waals surface area (Å²) in [6.45, 7) is 5.55. The van der Waals surface area contributed by atoms with E-state index in [0.717, 1.165) is 13.0 Å². The molecule has 0 radical (unpaired) electrons. The molecular formula is C11H21N5O. The molecule has 0 aliphatic carbocycles. The van der Waals surface area contributed by atoms with Gasteiger partial charge in [0.2, 0.25) is 5.91 Å². The monoisotopic (exact) mass is 239 g/mol. The molecule has 1 aromatic heterocycles. The molecule has 0 spiro atoms. The van der Waals surface area contributed by atoms with Gasteiger partial charge in [-0.2, -0.15) is 5.10 Å². The van der Waals surface area contributed by atoms with Crippen LogP contribution in [0, 0.1) is 0 Å². The van der Waals surface area contributed by atoms with Crippen molar-refractivity contribution in [1.82, 2.24) is 25.4 Å². The molecule has 17 heavy (non-hydrogen) atoms. The summed E-state index contributed by atoms with van der Waals surface area (Å²) in [7, 11) is 1.78. The molecule has 0 fully saturated rings. The number of hydrogen-bond acceptors (Lipinski definition) is 4. The highest BCUT2D eigenvalue weighted by molar-refractivity contribution is 5.75. The topological polar surface area (TPSA) is 73.9 Å². The number of hydrogen-bond donors (Lipinski definition) is 2. The van der Waals surface area contributed by atoms with E-state index < -0.39 is 0 Å². The fourth-order valence-electron chi connectivity index (χ4n) is 1.44. The summed E-state index contributed by atoms with van der Waals surface area (Å²) in [4.78, 5) is 17.4. The third-order valence-electron chi connectivity index (χ3n) is 2.40. The second-order valence-electron chi connectivity index (χ2n) is 4.39. The molecule has 1 rings (SSSR count). The van der Waals surface area contributed by atoms with Crippen LogP contribution in [0.15, 0.2) is 6.33 Å². The number of carbonyl (C=O) groups excluding carboxylic acids is 1. The zero-order chi connectivity index (χ0) is 12.7. The number of nitrogens with zero attached hydrogens (tertiary/aromatic N) is 3. The Morgan fingerprint density at radius 3 is 2.94 bits per heavy atom. The Labute approximate surface area is 102 Å². The fraction of sp³-hybridized carbons (Fsp3) is 0.727. The van der Waals surface area contributed by atoms with Crippen LogP contribution in [0.3, 0.4) is 0 Å². The van der Waals surface area contributed by atoms with Gasteiger partial charge in [0.05, 0.1) is 6.54 Å². The van der Waals surface area contributed by atoms with Crippen LogP contribution in [0.2, 0.25) is 0 Å². The van der Waals surface area contributed by atoms with Gasteiger partial charge in [0.15, 0.2) is 0 Å². The molecule has 0 bridgehead atoms. The average molecular weight is 239 g/mol. The zero-order valence-electron chi connectivity index (χ0n) is 10.7. The predicted octanol–water partition coefficient (Wildman–Crippen LogP) is 0.541. The van der Waals surface area contributed by atoms with E-state index in [9.17, 15) is 4.79 Å². The van der Waals surface area contributed by atoms with E-state index in [0.29, 0.717) is 24.8 Å². The first-order chi connectivity index (χ1) is 8.09. The maximum Gasteiger partial charge on any atom is 0.222 e. The summed E-state index contributed by atoms with van der Waals surface area (Å²) in [6, 6.07) is 0.469. The fourth-order valence-corrected chi connectivity index (χ4v) is 1.44. The second kappa shape index (κ2) is 7.01. The molecule has 1 amide bonds. The molecule has 1 heterocycles. The minimum atomic E-state index is 0.131. The summed E-state index contributed by atoms with van der Waals surface area (Å²) in [6.07, 6.45) is 2.86. The van der Waals surface area contributed by atoms with Gasteiger partial charge < -0.3 is 10.2 Å². The molecule has 0 aromatic carbocycles. The molecule has 6 nitrogen and oxygen atoms in total. The van der Waals surface area contributed by atoms with E-state index >= 15 is 0 Å². The van der Waals surface area contributed by atoms with Crippen LogP contribution in [0.25, 0.3) is 0 Å².